The molecule has 29 atom stereocenters. The maximum Gasteiger partial charge on any atom is 0.315 e. The molecule has 4 aliphatic heterocycles. The third-order valence-electron chi connectivity index (χ3n) is 21.8. The summed E-state index contributed by atoms with van der Waals surface area (Å²) >= 11 is 0. The number of aliphatic hydroxyl groups excluding tert-OH is 13. The molecule has 13 N–H and O–H groups in total. The lowest BCUT2D eigenvalue weighted by Gasteiger charge is -2.71. The Labute approximate surface area is 459 Å². The van der Waals surface area contributed by atoms with Gasteiger partial charge in [0, 0.05) is 0 Å². The Kier molecular flexibility index (Phi) is 17.4. The highest BCUT2D eigenvalue weighted by Gasteiger charge is 2.71. The van der Waals surface area contributed by atoms with E-state index in [2.05, 4.69) is 40.7 Å². The van der Waals surface area contributed by atoms with Crippen LogP contribution in [0.1, 0.15) is 113 Å². The van der Waals surface area contributed by atoms with E-state index in [1.54, 1.807) is 0 Å². The zero-order valence-electron chi connectivity index (χ0n) is 46.4. The second-order valence-corrected chi connectivity index (χ2v) is 26.1. The lowest BCUT2D eigenvalue weighted by atomic mass is 9.33. The normalized spacial score (nSPS) is 53.5. The van der Waals surface area contributed by atoms with Crippen molar-refractivity contribution in [2.45, 2.75) is 242 Å². The average Bonchev–Trinajstić information content (AvgIpc) is 3.51. The minimum atomic E-state index is -1.89. The summed E-state index contributed by atoms with van der Waals surface area (Å²) in [7, 11) is 1.35. The largest absolute Gasteiger partial charge is 0.469 e. The van der Waals surface area contributed by atoms with Crippen LogP contribution in [-0.4, -0.2) is 234 Å². The molecule has 0 aromatic carbocycles. The van der Waals surface area contributed by atoms with Gasteiger partial charge in [0.1, 0.15) is 91.6 Å². The molecule has 0 amide bonds. The molecule has 4 saturated heterocycles. The minimum absolute atomic E-state index is 0.0237. The smallest absolute Gasteiger partial charge is 0.315 e. The summed E-state index contributed by atoms with van der Waals surface area (Å²) in [6, 6.07) is 0. The highest BCUT2D eigenvalue weighted by Crippen LogP contribution is 2.76. The van der Waals surface area contributed by atoms with Gasteiger partial charge in [-0.05, 0) is 117 Å². The predicted molar refractivity (Wildman–Crippen MR) is 268 cm³/mol. The summed E-state index contributed by atoms with van der Waals surface area (Å²) < 4.78 is 53.9. The van der Waals surface area contributed by atoms with Gasteiger partial charge >= 0.3 is 11.9 Å². The summed E-state index contributed by atoms with van der Waals surface area (Å²) in [6.45, 7) is 12.2. The molecular formula is C55H88O24. The number of allylic oxidation sites excluding steroid dienone is 2. The first kappa shape index (κ1) is 61.4. The van der Waals surface area contributed by atoms with Gasteiger partial charge in [-0.3, -0.25) is 9.59 Å². The highest BCUT2D eigenvalue weighted by atomic mass is 16.8. The van der Waals surface area contributed by atoms with Crippen molar-refractivity contribution < 1.29 is 119 Å². The van der Waals surface area contributed by atoms with Gasteiger partial charge < -0.3 is 109 Å². The van der Waals surface area contributed by atoms with Crippen molar-refractivity contribution >= 4 is 11.9 Å². The number of hydrogen-bond donors (Lipinski definition) is 13. The molecule has 24 heteroatoms. The van der Waals surface area contributed by atoms with Gasteiger partial charge in [-0.15, -0.1) is 0 Å². The Morgan fingerprint density at radius 1 is 0.557 bits per heavy atom. The van der Waals surface area contributed by atoms with E-state index in [-0.39, 0.29) is 35.5 Å². The monoisotopic (exact) mass is 1130 g/mol. The van der Waals surface area contributed by atoms with Crippen LogP contribution < -0.4 is 0 Å². The summed E-state index contributed by atoms with van der Waals surface area (Å²) in [4.78, 5) is 28.5. The van der Waals surface area contributed by atoms with Gasteiger partial charge in [0.2, 0.25) is 6.29 Å². The van der Waals surface area contributed by atoms with Crippen molar-refractivity contribution in [2.24, 2.45) is 50.2 Å². The first-order chi connectivity index (χ1) is 37.0. The third kappa shape index (κ3) is 9.87. The number of esters is 2. The predicted octanol–water partition coefficient (Wildman–Crippen LogP) is -1.85. The first-order valence-corrected chi connectivity index (χ1v) is 28.3. The quantitative estimate of drug-likeness (QED) is 0.0579. The van der Waals surface area contributed by atoms with E-state index in [0.717, 1.165) is 18.4 Å². The Bertz CT molecular complexity index is 2220. The van der Waals surface area contributed by atoms with Crippen LogP contribution in [0.3, 0.4) is 0 Å². The van der Waals surface area contributed by atoms with Crippen molar-refractivity contribution in [3.63, 3.8) is 0 Å². The SMILES string of the molecule is COC(=O)[C@@]1(C)CC[C@]2(C(=O)O[C@@H]3O[C@H](CO)[C@@H](O)[C@H](O)[C@H]3O)CC[C@]3(C)C(=CC[C@@H]4[C@@]5(C)CC[C@H](O[C@@H]6O[C@H](CO)[C@@H](O)[C@H](O)[C@H]6O[C@@H]6O[C@H](CO)[C@@H](O)[C@H](O)[C@H]6O[C@@H]6O[C@@H](C)[C@H](O)[C@@H](O)[C@H]6O)C(C)(C)[C@@H]5CC[C@]43C)[C@@H]2C1. The van der Waals surface area contributed by atoms with Crippen molar-refractivity contribution in [3.8, 4) is 0 Å². The Morgan fingerprint density at radius 2 is 1.08 bits per heavy atom. The van der Waals surface area contributed by atoms with Gasteiger partial charge in [-0.1, -0.05) is 46.3 Å². The van der Waals surface area contributed by atoms with Crippen LogP contribution in [-0.2, 0) is 52.2 Å². The van der Waals surface area contributed by atoms with Crippen LogP contribution in [0.2, 0.25) is 0 Å². The molecule has 8 fully saturated rings. The van der Waals surface area contributed by atoms with Crippen molar-refractivity contribution in [2.75, 3.05) is 26.9 Å². The number of ether oxygens (including phenoxy) is 9. The van der Waals surface area contributed by atoms with Crippen LogP contribution in [0.4, 0.5) is 0 Å². The number of fused-ring (bicyclic) bond motifs is 7. The highest BCUT2D eigenvalue weighted by molar-refractivity contribution is 5.81. The molecule has 9 aliphatic rings. The fourth-order valence-corrected chi connectivity index (χ4v) is 16.7. The molecule has 452 valence electrons. The molecule has 0 spiro atoms. The fraction of sp³-hybridized carbons (Fsp3) is 0.927. The zero-order chi connectivity index (χ0) is 57.9. The molecule has 24 nitrogen and oxygen atoms in total. The second kappa shape index (κ2) is 22.4. The molecule has 0 unspecified atom stereocenters. The molecule has 4 saturated carbocycles. The van der Waals surface area contributed by atoms with Crippen LogP contribution in [0.15, 0.2) is 11.6 Å². The van der Waals surface area contributed by atoms with Gasteiger partial charge in [-0.2, -0.15) is 0 Å². The average molecular weight is 1130 g/mol. The Balaban J connectivity index is 0.980. The third-order valence-corrected chi connectivity index (χ3v) is 21.8. The van der Waals surface area contributed by atoms with Gasteiger partial charge in [-0.25, -0.2) is 0 Å². The molecule has 5 aliphatic carbocycles. The summed E-state index contributed by atoms with van der Waals surface area (Å²) in [6.07, 6.45) is -25.8. The molecule has 0 aromatic heterocycles. The maximum absolute atomic E-state index is 14.9. The molecular weight excluding hydrogens is 1040 g/mol. The van der Waals surface area contributed by atoms with E-state index in [0.29, 0.717) is 38.5 Å². The number of methoxy groups -OCH3 is 1. The lowest BCUT2D eigenvalue weighted by molar-refractivity contribution is -0.397. The number of carbonyl (C=O) groups excluding carboxylic acids is 2. The molecule has 0 aromatic rings. The van der Waals surface area contributed by atoms with Gasteiger partial charge in [0.05, 0.1) is 50.0 Å². The summed E-state index contributed by atoms with van der Waals surface area (Å²) in [5.74, 6) is -1.41. The molecule has 79 heavy (non-hydrogen) atoms. The Hall–Kier alpha value is -2.12. The fourth-order valence-electron chi connectivity index (χ4n) is 16.7. The van der Waals surface area contributed by atoms with Crippen LogP contribution in [0, 0.1) is 50.2 Å². The number of aliphatic hydroxyl groups is 13. The van der Waals surface area contributed by atoms with E-state index >= 15 is 0 Å². The standard InChI is InChI=1S/C55H88O24/c1-23-32(59)36(63)40(67)44(72-23)77-43-39(66)35(62)28(22-58)75-47(43)78-42-38(65)34(61)27(21-57)74-46(42)76-31-12-13-52(5)29(50(31,2)3)11-14-54(7)30(52)10-9-24-25-19-51(4,48(69)71-8)15-17-55(25,18-16-53(24,54)6)49(70)79-45-41(68)37(64)33(60)26(20-56)73-45/h9,23,25-47,56-68H,10-22H2,1-8H3/t23-,25-,26+,27+,28+,29-,30+,31-,32-,33+,34+,35+,36+,37-,38-,39-,40+,41+,42+,43+,44-,45-,46-,47-,51-,52-,53+,54+,55-/m0/s1. The van der Waals surface area contributed by atoms with Crippen molar-refractivity contribution in [1.29, 1.82) is 0 Å². The van der Waals surface area contributed by atoms with Gasteiger partial charge in [0.25, 0.3) is 0 Å². The Morgan fingerprint density at radius 3 is 1.66 bits per heavy atom. The molecule has 9 rings (SSSR count). The first-order valence-electron chi connectivity index (χ1n) is 28.3. The lowest BCUT2D eigenvalue weighted by Crippen LogP contribution is -2.68. The van der Waals surface area contributed by atoms with E-state index < -0.39 is 188 Å². The minimum Gasteiger partial charge on any atom is -0.469 e. The molecule has 0 bridgehead atoms. The zero-order valence-corrected chi connectivity index (χ0v) is 46.4. The van der Waals surface area contributed by atoms with E-state index in [1.807, 2.05) is 6.92 Å². The number of carbonyl (C=O) groups is 2. The van der Waals surface area contributed by atoms with Crippen LogP contribution in [0.25, 0.3) is 0 Å². The topological polar surface area (TPSA) is 380 Å². The van der Waals surface area contributed by atoms with Crippen LogP contribution in [0.5, 0.6) is 0 Å². The maximum atomic E-state index is 14.9. The van der Waals surface area contributed by atoms with Crippen LogP contribution >= 0.6 is 0 Å². The van der Waals surface area contributed by atoms with Crippen molar-refractivity contribution in [1.82, 2.24) is 0 Å². The molecule has 0 radical (unpaired) electrons. The van der Waals surface area contributed by atoms with Crippen molar-refractivity contribution in [3.05, 3.63) is 11.6 Å². The van der Waals surface area contributed by atoms with E-state index in [9.17, 15) is 76.0 Å². The van der Waals surface area contributed by atoms with E-state index in [4.69, 9.17) is 42.6 Å². The number of rotatable bonds is 12. The summed E-state index contributed by atoms with van der Waals surface area (Å²) in [5, 5.41) is 140. The second-order valence-electron chi connectivity index (χ2n) is 26.1. The van der Waals surface area contributed by atoms with Gasteiger partial charge in [0.15, 0.2) is 18.9 Å². The molecule has 4 heterocycles. The van der Waals surface area contributed by atoms with E-state index in [1.165, 1.54) is 14.0 Å². The number of hydrogen-bond acceptors (Lipinski definition) is 24. The summed E-state index contributed by atoms with van der Waals surface area (Å²) in [5.41, 5.74) is -2.77.